The molecule has 0 saturated carbocycles. The molecule has 9 heteroatoms. The molecule has 1 atom stereocenters. The van der Waals surface area contributed by atoms with Gasteiger partial charge in [-0.05, 0) is 49.7 Å². The van der Waals surface area contributed by atoms with Gasteiger partial charge < -0.3 is 4.57 Å². The van der Waals surface area contributed by atoms with Crippen LogP contribution in [0.3, 0.4) is 0 Å². The lowest BCUT2D eigenvalue weighted by atomic mass is 10.2. The van der Waals surface area contributed by atoms with Crippen LogP contribution in [-0.2, 0) is 0 Å². The summed E-state index contributed by atoms with van der Waals surface area (Å²) in [5.74, 6) is -0.113. The van der Waals surface area contributed by atoms with E-state index in [9.17, 15) is 9.18 Å². The third kappa shape index (κ3) is 3.25. The number of hydrogen-bond acceptors (Lipinski definition) is 5. The van der Waals surface area contributed by atoms with E-state index in [0.717, 1.165) is 5.56 Å². The first-order chi connectivity index (χ1) is 14.9. The highest BCUT2D eigenvalue weighted by Crippen LogP contribution is 2.24. The van der Waals surface area contributed by atoms with Gasteiger partial charge >= 0.3 is 0 Å². The Balaban J connectivity index is 1.66. The fraction of sp³-hybridized carbons (Fsp3) is 0.136. The lowest BCUT2D eigenvalue weighted by molar-refractivity contribution is 0.575. The number of hydrogen-bond donors (Lipinski definition) is 0. The standard InChI is InChI=1S/C22H16ClFN6O/c1-12-7-16-19(25-9-12)5-6-29(22(16)31)13(2)20-27-28-21-17(24)8-14(11-30(20)21)18-4-3-15(23)10-26-18/h3-11,13H,1-2H3. The Morgan fingerprint density at radius 1 is 1.10 bits per heavy atom. The highest BCUT2D eigenvalue weighted by atomic mass is 35.5. The van der Waals surface area contributed by atoms with E-state index in [1.165, 1.54) is 12.3 Å². The minimum absolute atomic E-state index is 0.0749. The van der Waals surface area contributed by atoms with Crippen LogP contribution < -0.4 is 5.56 Å². The van der Waals surface area contributed by atoms with Gasteiger partial charge in [0.1, 0.15) is 0 Å². The van der Waals surface area contributed by atoms with E-state index < -0.39 is 11.9 Å². The average molecular weight is 435 g/mol. The number of nitrogens with zero attached hydrogens (tertiary/aromatic N) is 6. The molecule has 0 amide bonds. The molecule has 31 heavy (non-hydrogen) atoms. The van der Waals surface area contributed by atoms with Crippen LogP contribution in [0.1, 0.15) is 24.4 Å². The minimum atomic E-state index is -0.536. The van der Waals surface area contributed by atoms with Gasteiger partial charge in [0, 0.05) is 30.4 Å². The summed E-state index contributed by atoms with van der Waals surface area (Å²) in [6, 6.07) is 7.83. The van der Waals surface area contributed by atoms with Crippen molar-refractivity contribution in [3.63, 3.8) is 0 Å². The summed E-state index contributed by atoms with van der Waals surface area (Å²) in [4.78, 5) is 21.7. The topological polar surface area (TPSA) is 78.0 Å². The molecule has 5 rings (SSSR count). The van der Waals surface area contributed by atoms with Crippen LogP contribution >= 0.6 is 11.6 Å². The number of halogens is 2. The molecule has 0 N–H and O–H groups in total. The average Bonchev–Trinajstić information content (AvgIpc) is 3.19. The molecule has 5 aromatic rings. The second-order valence-corrected chi connectivity index (χ2v) is 7.78. The van der Waals surface area contributed by atoms with Crippen LogP contribution in [0.4, 0.5) is 4.39 Å². The maximum Gasteiger partial charge on any atom is 0.260 e. The van der Waals surface area contributed by atoms with Gasteiger partial charge in [-0.15, -0.1) is 10.2 Å². The van der Waals surface area contributed by atoms with Crippen molar-refractivity contribution in [3.8, 4) is 11.3 Å². The summed E-state index contributed by atoms with van der Waals surface area (Å²) in [6.45, 7) is 3.70. The molecule has 0 fully saturated rings. The van der Waals surface area contributed by atoms with Crippen LogP contribution in [0.25, 0.3) is 27.8 Å². The summed E-state index contributed by atoms with van der Waals surface area (Å²) in [5.41, 5.74) is 2.49. The van der Waals surface area contributed by atoms with Crippen molar-refractivity contribution in [2.24, 2.45) is 0 Å². The second kappa shape index (κ2) is 7.24. The van der Waals surface area contributed by atoms with Crippen molar-refractivity contribution in [1.29, 1.82) is 0 Å². The van der Waals surface area contributed by atoms with E-state index in [0.29, 0.717) is 33.0 Å². The molecule has 0 aromatic carbocycles. The van der Waals surface area contributed by atoms with Gasteiger partial charge in [0.15, 0.2) is 17.3 Å². The van der Waals surface area contributed by atoms with Gasteiger partial charge in [-0.2, -0.15) is 0 Å². The molecular weight excluding hydrogens is 419 g/mol. The SMILES string of the molecule is Cc1cnc2ccn(C(C)c3nnc4c(F)cc(-c5ccc(Cl)cn5)cn34)c(=O)c2c1. The Kier molecular flexibility index (Phi) is 4.51. The van der Waals surface area contributed by atoms with Crippen LogP contribution in [0.15, 0.2) is 59.9 Å². The molecular formula is C22H16ClFN6O. The molecule has 0 bridgehead atoms. The van der Waals surface area contributed by atoms with E-state index in [1.807, 2.05) is 13.8 Å². The van der Waals surface area contributed by atoms with Gasteiger partial charge in [0.05, 0.1) is 27.7 Å². The molecule has 7 nitrogen and oxygen atoms in total. The van der Waals surface area contributed by atoms with Crippen molar-refractivity contribution in [3.05, 3.63) is 87.7 Å². The lowest BCUT2D eigenvalue weighted by Gasteiger charge is -2.15. The zero-order chi connectivity index (χ0) is 21.7. The Bertz CT molecular complexity index is 1510. The van der Waals surface area contributed by atoms with Crippen LogP contribution in [0.2, 0.25) is 5.02 Å². The maximum absolute atomic E-state index is 14.8. The first-order valence-corrected chi connectivity index (χ1v) is 9.94. The largest absolute Gasteiger partial charge is 0.304 e. The fourth-order valence-electron chi connectivity index (χ4n) is 3.61. The number of pyridine rings is 4. The number of aromatic nitrogens is 6. The van der Waals surface area contributed by atoms with E-state index in [2.05, 4.69) is 20.2 Å². The molecule has 5 heterocycles. The van der Waals surface area contributed by atoms with Crippen LogP contribution in [0, 0.1) is 12.7 Å². The predicted octanol–water partition coefficient (Wildman–Crippen LogP) is 4.21. The van der Waals surface area contributed by atoms with Gasteiger partial charge in [-0.1, -0.05) is 11.6 Å². The summed E-state index contributed by atoms with van der Waals surface area (Å²) in [5, 5.41) is 9.17. The monoisotopic (exact) mass is 434 g/mol. The smallest absolute Gasteiger partial charge is 0.260 e. The third-order valence-electron chi connectivity index (χ3n) is 5.21. The highest BCUT2D eigenvalue weighted by Gasteiger charge is 2.20. The van der Waals surface area contributed by atoms with Gasteiger partial charge in [-0.25, -0.2) is 4.39 Å². The van der Waals surface area contributed by atoms with E-state index in [-0.39, 0.29) is 11.2 Å². The quantitative estimate of drug-likeness (QED) is 0.425. The number of fused-ring (bicyclic) bond motifs is 2. The molecule has 0 aliphatic rings. The van der Waals surface area contributed by atoms with Crippen LogP contribution in [0.5, 0.6) is 0 Å². The molecule has 0 radical (unpaired) electrons. The molecule has 5 aromatic heterocycles. The second-order valence-electron chi connectivity index (χ2n) is 7.34. The first kappa shape index (κ1) is 19.3. The summed E-state index contributed by atoms with van der Waals surface area (Å²) < 4.78 is 17.9. The molecule has 154 valence electrons. The summed E-state index contributed by atoms with van der Waals surface area (Å²) >= 11 is 5.91. The molecule has 0 spiro atoms. The Labute approximate surface area is 180 Å². The van der Waals surface area contributed by atoms with E-state index >= 15 is 0 Å². The molecule has 0 aliphatic carbocycles. The van der Waals surface area contributed by atoms with Crippen molar-refractivity contribution >= 4 is 28.2 Å². The summed E-state index contributed by atoms with van der Waals surface area (Å²) in [6.07, 6.45) is 6.59. The maximum atomic E-state index is 14.8. The van der Waals surface area contributed by atoms with E-state index in [4.69, 9.17) is 11.6 Å². The highest BCUT2D eigenvalue weighted by molar-refractivity contribution is 6.30. The first-order valence-electron chi connectivity index (χ1n) is 9.56. The minimum Gasteiger partial charge on any atom is -0.304 e. The predicted molar refractivity (Wildman–Crippen MR) is 116 cm³/mol. The van der Waals surface area contributed by atoms with Crippen molar-refractivity contribution in [1.82, 2.24) is 29.1 Å². The normalized spacial score (nSPS) is 12.5. The zero-order valence-corrected chi connectivity index (χ0v) is 17.4. The van der Waals surface area contributed by atoms with Crippen molar-refractivity contribution in [2.75, 3.05) is 0 Å². The number of rotatable bonds is 3. The third-order valence-corrected chi connectivity index (χ3v) is 5.44. The van der Waals surface area contributed by atoms with Crippen LogP contribution in [-0.4, -0.2) is 29.1 Å². The number of aryl methyl sites for hydroxylation is 1. The lowest BCUT2D eigenvalue weighted by Crippen LogP contribution is -2.25. The Hall–Kier alpha value is -3.65. The summed E-state index contributed by atoms with van der Waals surface area (Å²) in [7, 11) is 0. The Morgan fingerprint density at radius 2 is 1.94 bits per heavy atom. The Morgan fingerprint density at radius 3 is 2.71 bits per heavy atom. The molecule has 1 unspecified atom stereocenters. The van der Waals surface area contributed by atoms with Crippen molar-refractivity contribution < 1.29 is 4.39 Å². The van der Waals surface area contributed by atoms with Crippen molar-refractivity contribution in [2.45, 2.75) is 19.9 Å². The van der Waals surface area contributed by atoms with Gasteiger partial charge in [-0.3, -0.25) is 19.2 Å². The fourth-order valence-corrected chi connectivity index (χ4v) is 3.73. The van der Waals surface area contributed by atoms with Gasteiger partial charge in [0.2, 0.25) is 0 Å². The molecule has 0 aliphatic heterocycles. The zero-order valence-electron chi connectivity index (χ0n) is 16.6. The van der Waals surface area contributed by atoms with Gasteiger partial charge in [0.25, 0.3) is 5.56 Å². The van der Waals surface area contributed by atoms with E-state index in [1.54, 1.807) is 51.8 Å². The molecule has 0 saturated heterocycles.